The smallest absolute Gasteiger partial charge is 0.255 e. The molecule has 2 amide bonds. The molecule has 2 unspecified atom stereocenters. The van der Waals surface area contributed by atoms with E-state index in [-0.39, 0.29) is 23.7 Å². The number of hydrogen-bond acceptors (Lipinski definition) is 3. The van der Waals surface area contributed by atoms with Gasteiger partial charge in [0.25, 0.3) is 5.91 Å². The van der Waals surface area contributed by atoms with Crippen molar-refractivity contribution in [2.45, 2.75) is 18.8 Å². The summed E-state index contributed by atoms with van der Waals surface area (Å²) in [5.41, 5.74) is 1.68. The van der Waals surface area contributed by atoms with Gasteiger partial charge in [0.2, 0.25) is 5.91 Å². The van der Waals surface area contributed by atoms with E-state index in [9.17, 15) is 9.59 Å². The fourth-order valence-electron chi connectivity index (χ4n) is 4.09. The van der Waals surface area contributed by atoms with Crippen molar-refractivity contribution in [1.29, 1.82) is 0 Å². The van der Waals surface area contributed by atoms with Crippen LogP contribution in [0.3, 0.4) is 0 Å². The molecule has 0 aromatic heterocycles. The first kappa shape index (κ1) is 19.8. The van der Waals surface area contributed by atoms with E-state index in [4.69, 9.17) is 16.3 Å². The van der Waals surface area contributed by atoms with Crippen LogP contribution >= 0.6 is 11.6 Å². The normalized spacial score (nSPS) is 21.4. The Labute approximate surface area is 176 Å². The van der Waals surface area contributed by atoms with Crippen LogP contribution in [-0.4, -0.2) is 54.9 Å². The number of hydrogen-bond donors (Lipinski definition) is 0. The van der Waals surface area contributed by atoms with Crippen LogP contribution in [-0.2, 0) is 4.79 Å². The number of ether oxygens (including phenoxy) is 1. The average molecular weight is 413 g/mol. The number of halogens is 1. The zero-order chi connectivity index (χ0) is 20.4. The second-order valence-corrected chi connectivity index (χ2v) is 8.08. The van der Waals surface area contributed by atoms with Gasteiger partial charge >= 0.3 is 0 Å². The minimum Gasteiger partial charge on any atom is -0.497 e. The van der Waals surface area contributed by atoms with Gasteiger partial charge in [0.1, 0.15) is 5.75 Å². The summed E-state index contributed by atoms with van der Waals surface area (Å²) in [6.07, 6.45) is 1.66. The minimum atomic E-state index is -0.0643. The van der Waals surface area contributed by atoms with Crippen LogP contribution < -0.4 is 4.74 Å². The summed E-state index contributed by atoms with van der Waals surface area (Å²) >= 11 is 6.18. The van der Waals surface area contributed by atoms with Gasteiger partial charge in [0.15, 0.2) is 0 Å². The standard InChI is InChI=1S/C23H25ClN2O3/c1-29-17-7-4-6-16(14-17)19-15-20(19)23(28)26-11-5-10-25(12-13-26)22(27)18-8-2-3-9-21(18)24/h2-4,6-9,14,19-20H,5,10-13,15H2,1H3. The summed E-state index contributed by atoms with van der Waals surface area (Å²) in [4.78, 5) is 29.6. The molecule has 2 aromatic carbocycles. The van der Waals surface area contributed by atoms with E-state index < -0.39 is 0 Å². The Kier molecular flexibility index (Phi) is 5.76. The first-order valence-corrected chi connectivity index (χ1v) is 10.4. The van der Waals surface area contributed by atoms with Crippen LogP contribution in [0.5, 0.6) is 5.75 Å². The van der Waals surface area contributed by atoms with Crippen molar-refractivity contribution in [2.75, 3.05) is 33.3 Å². The highest BCUT2D eigenvalue weighted by atomic mass is 35.5. The Balaban J connectivity index is 1.37. The molecular formula is C23H25ClN2O3. The third-order valence-corrected chi connectivity index (χ3v) is 6.16. The molecule has 2 fully saturated rings. The van der Waals surface area contributed by atoms with Crippen molar-refractivity contribution in [3.05, 3.63) is 64.7 Å². The topological polar surface area (TPSA) is 49.9 Å². The molecule has 1 aliphatic carbocycles. The average Bonchev–Trinajstić information content (AvgIpc) is 3.57. The number of benzene rings is 2. The molecule has 1 heterocycles. The second-order valence-electron chi connectivity index (χ2n) is 7.68. The molecule has 0 radical (unpaired) electrons. The zero-order valence-corrected chi connectivity index (χ0v) is 17.3. The van der Waals surface area contributed by atoms with Gasteiger partial charge in [-0.05, 0) is 48.6 Å². The summed E-state index contributed by atoms with van der Waals surface area (Å²) in [5, 5.41) is 0.466. The van der Waals surface area contributed by atoms with E-state index in [2.05, 4.69) is 6.07 Å². The van der Waals surface area contributed by atoms with Gasteiger partial charge in [0, 0.05) is 32.1 Å². The Morgan fingerprint density at radius 3 is 2.55 bits per heavy atom. The Morgan fingerprint density at radius 2 is 1.76 bits per heavy atom. The van der Waals surface area contributed by atoms with E-state index in [1.165, 1.54) is 0 Å². The van der Waals surface area contributed by atoms with Gasteiger partial charge in [0.05, 0.1) is 17.7 Å². The molecule has 2 aromatic rings. The molecule has 6 heteroatoms. The SMILES string of the molecule is COc1cccc(C2CC2C(=O)N2CCCN(C(=O)c3ccccc3Cl)CC2)c1. The highest BCUT2D eigenvalue weighted by Crippen LogP contribution is 2.49. The lowest BCUT2D eigenvalue weighted by atomic mass is 10.1. The largest absolute Gasteiger partial charge is 0.497 e. The predicted molar refractivity (Wildman–Crippen MR) is 112 cm³/mol. The van der Waals surface area contributed by atoms with Gasteiger partial charge in [-0.15, -0.1) is 0 Å². The maximum atomic E-state index is 13.0. The highest BCUT2D eigenvalue weighted by molar-refractivity contribution is 6.33. The number of nitrogens with zero attached hydrogens (tertiary/aromatic N) is 2. The fourth-order valence-corrected chi connectivity index (χ4v) is 4.31. The third kappa shape index (κ3) is 4.25. The van der Waals surface area contributed by atoms with Crippen LogP contribution in [0.2, 0.25) is 5.02 Å². The Morgan fingerprint density at radius 1 is 1.00 bits per heavy atom. The van der Waals surface area contributed by atoms with E-state index >= 15 is 0 Å². The molecule has 0 spiro atoms. The maximum absolute atomic E-state index is 13.0. The number of rotatable bonds is 4. The van der Waals surface area contributed by atoms with Gasteiger partial charge < -0.3 is 14.5 Å². The monoisotopic (exact) mass is 412 g/mol. The van der Waals surface area contributed by atoms with Gasteiger partial charge in [-0.2, -0.15) is 0 Å². The van der Waals surface area contributed by atoms with Crippen LogP contribution in [0.1, 0.15) is 34.7 Å². The number of amides is 2. The minimum absolute atomic E-state index is 0.0351. The Hall–Kier alpha value is -2.53. The third-order valence-electron chi connectivity index (χ3n) is 5.83. The first-order chi connectivity index (χ1) is 14.1. The zero-order valence-electron chi connectivity index (χ0n) is 16.5. The molecule has 2 aliphatic rings. The maximum Gasteiger partial charge on any atom is 0.255 e. The lowest BCUT2D eigenvalue weighted by molar-refractivity contribution is -0.132. The second kappa shape index (κ2) is 8.46. The molecule has 1 aliphatic heterocycles. The molecule has 1 saturated carbocycles. The summed E-state index contributed by atoms with van der Waals surface area (Å²) < 4.78 is 5.30. The Bertz CT molecular complexity index is 917. The van der Waals surface area contributed by atoms with E-state index in [0.29, 0.717) is 36.8 Å². The van der Waals surface area contributed by atoms with Crippen molar-refractivity contribution in [3.8, 4) is 5.75 Å². The van der Waals surface area contributed by atoms with Gasteiger partial charge in [-0.25, -0.2) is 0 Å². The van der Waals surface area contributed by atoms with Gasteiger partial charge in [-0.1, -0.05) is 35.9 Å². The highest BCUT2D eigenvalue weighted by Gasteiger charge is 2.46. The summed E-state index contributed by atoms with van der Waals surface area (Å²) in [6.45, 7) is 2.42. The molecule has 5 nitrogen and oxygen atoms in total. The molecule has 4 rings (SSSR count). The molecule has 0 N–H and O–H groups in total. The van der Waals surface area contributed by atoms with Crippen LogP contribution in [0.15, 0.2) is 48.5 Å². The van der Waals surface area contributed by atoms with Crippen molar-refractivity contribution < 1.29 is 14.3 Å². The van der Waals surface area contributed by atoms with Crippen molar-refractivity contribution in [1.82, 2.24) is 9.80 Å². The van der Waals surface area contributed by atoms with Crippen molar-refractivity contribution in [2.24, 2.45) is 5.92 Å². The molecule has 2 atom stereocenters. The van der Waals surface area contributed by atoms with E-state index in [1.54, 1.807) is 24.1 Å². The molecule has 152 valence electrons. The number of methoxy groups -OCH3 is 1. The lowest BCUT2D eigenvalue weighted by Crippen LogP contribution is -2.38. The molecule has 1 saturated heterocycles. The van der Waals surface area contributed by atoms with Gasteiger partial charge in [-0.3, -0.25) is 9.59 Å². The summed E-state index contributed by atoms with van der Waals surface area (Å²) in [7, 11) is 1.65. The lowest BCUT2D eigenvalue weighted by Gasteiger charge is -2.23. The summed E-state index contributed by atoms with van der Waals surface area (Å²) in [6, 6.07) is 15.1. The van der Waals surface area contributed by atoms with Crippen molar-refractivity contribution >= 4 is 23.4 Å². The van der Waals surface area contributed by atoms with E-state index in [0.717, 1.165) is 24.2 Å². The van der Waals surface area contributed by atoms with Crippen LogP contribution in [0.25, 0.3) is 0 Å². The molecule has 0 bridgehead atoms. The summed E-state index contributed by atoms with van der Waals surface area (Å²) in [5.74, 6) is 1.26. The first-order valence-electron chi connectivity index (χ1n) is 10.0. The predicted octanol–water partition coefficient (Wildman–Crippen LogP) is 3.83. The van der Waals surface area contributed by atoms with Crippen LogP contribution in [0, 0.1) is 5.92 Å². The molecular weight excluding hydrogens is 388 g/mol. The number of carbonyl (C=O) groups is 2. The number of carbonyl (C=O) groups excluding carboxylic acids is 2. The molecule has 29 heavy (non-hydrogen) atoms. The quantitative estimate of drug-likeness (QED) is 0.766. The van der Waals surface area contributed by atoms with E-state index in [1.807, 2.05) is 35.2 Å². The fraction of sp³-hybridized carbons (Fsp3) is 0.391. The van der Waals surface area contributed by atoms with Crippen LogP contribution in [0.4, 0.5) is 0 Å². The van der Waals surface area contributed by atoms with Crippen molar-refractivity contribution in [3.63, 3.8) is 0 Å².